The molecule has 2 saturated heterocycles. The van der Waals surface area contributed by atoms with Crippen LogP contribution in [-0.2, 0) is 9.47 Å². The molecule has 2 unspecified atom stereocenters. The average molecular weight is 314 g/mol. The summed E-state index contributed by atoms with van der Waals surface area (Å²) in [5, 5.41) is 0.216. The quantitative estimate of drug-likeness (QED) is 0.452. The van der Waals surface area contributed by atoms with Crippen molar-refractivity contribution >= 4 is 37.9 Å². The molecule has 2 heterocycles. The molecule has 4 atom stereocenters. The third-order valence-corrected chi connectivity index (χ3v) is 7.60. The molecule has 76 valence electrons. The van der Waals surface area contributed by atoms with E-state index in [1.54, 1.807) is 0 Å². The van der Waals surface area contributed by atoms with E-state index in [1.165, 1.54) is 0 Å². The third kappa shape index (κ3) is 1.12. The summed E-state index contributed by atoms with van der Waals surface area (Å²) in [5.74, 6) is 0.464. The lowest BCUT2D eigenvalue weighted by Gasteiger charge is -2.35. The maximum absolute atomic E-state index is 5.93. The van der Waals surface area contributed by atoms with Crippen LogP contribution in [0.25, 0.3) is 0 Å². The van der Waals surface area contributed by atoms with Crippen molar-refractivity contribution in [2.45, 2.75) is 28.3 Å². The minimum Gasteiger partial charge on any atom is -0.370 e. The van der Waals surface area contributed by atoms with Gasteiger partial charge in [0.25, 0.3) is 0 Å². The molecule has 2 fully saturated rings. The maximum atomic E-state index is 5.93. The summed E-state index contributed by atoms with van der Waals surface area (Å²) in [6.45, 7) is 5.85. The SMILES string of the molecule is C=I[C@]12OCC(C)[C@@]1(C)OCC2S. The van der Waals surface area contributed by atoms with Crippen LogP contribution in [-0.4, -0.2) is 32.2 Å². The second-order valence-electron chi connectivity index (χ2n) is 3.92. The molecule has 0 aromatic carbocycles. The van der Waals surface area contributed by atoms with E-state index >= 15 is 0 Å². The summed E-state index contributed by atoms with van der Waals surface area (Å²) in [4.78, 5) is 0. The normalized spacial score (nSPS) is 55.3. The van der Waals surface area contributed by atoms with Crippen molar-refractivity contribution in [2.24, 2.45) is 5.92 Å². The van der Waals surface area contributed by atoms with Crippen molar-refractivity contribution in [1.29, 1.82) is 0 Å². The molecule has 13 heavy (non-hydrogen) atoms. The van der Waals surface area contributed by atoms with E-state index in [-0.39, 0.29) is 35.2 Å². The van der Waals surface area contributed by atoms with Crippen LogP contribution in [0.15, 0.2) is 0 Å². The molecule has 0 aromatic heterocycles. The molecule has 2 rings (SSSR count). The summed E-state index contributed by atoms with van der Waals surface area (Å²) in [6, 6.07) is 0. The molecular formula is C9H15IO2S. The van der Waals surface area contributed by atoms with Crippen LogP contribution in [0.2, 0.25) is 0 Å². The topological polar surface area (TPSA) is 18.5 Å². The van der Waals surface area contributed by atoms with E-state index in [0.717, 1.165) is 6.61 Å². The number of halogens is 1. The van der Waals surface area contributed by atoms with E-state index in [9.17, 15) is 0 Å². The second kappa shape index (κ2) is 3.18. The molecule has 0 spiro atoms. The molecule has 0 amide bonds. The van der Waals surface area contributed by atoms with Gasteiger partial charge in [-0.1, -0.05) is 32.2 Å². The average Bonchev–Trinajstić information content (AvgIpc) is 2.52. The van der Waals surface area contributed by atoms with Crippen LogP contribution >= 0.6 is 33.4 Å². The lowest BCUT2D eigenvalue weighted by Crippen LogP contribution is -2.47. The van der Waals surface area contributed by atoms with Crippen molar-refractivity contribution in [1.82, 2.24) is 0 Å². The maximum Gasteiger partial charge on any atom is 0.156 e. The summed E-state index contributed by atoms with van der Waals surface area (Å²) in [6.07, 6.45) is 0. The van der Waals surface area contributed by atoms with Crippen LogP contribution in [0.4, 0.5) is 0 Å². The molecule has 0 bridgehead atoms. The highest BCUT2D eigenvalue weighted by Gasteiger charge is 2.64. The van der Waals surface area contributed by atoms with Crippen molar-refractivity contribution in [3.63, 3.8) is 0 Å². The Morgan fingerprint density at radius 1 is 1.46 bits per heavy atom. The van der Waals surface area contributed by atoms with Gasteiger partial charge in [-0.2, -0.15) is 12.6 Å². The second-order valence-corrected chi connectivity index (χ2v) is 6.91. The number of alkyl halides is 1. The van der Waals surface area contributed by atoms with Crippen LogP contribution < -0.4 is 0 Å². The standard InChI is InChI=1S/C9H15IO2S/c1-6-4-12-9(10-3)7(13)5-11-8(6,9)2/h6-7,13H,3-5H2,1-2H3/t6?,7?,8-,9-/m1/s1. The number of fused-ring (bicyclic) bond motifs is 1. The minimum atomic E-state index is -0.251. The van der Waals surface area contributed by atoms with Gasteiger partial charge in [0.1, 0.15) is 5.60 Å². The van der Waals surface area contributed by atoms with Crippen LogP contribution in [0.5, 0.6) is 0 Å². The first-order valence-electron chi connectivity index (χ1n) is 4.42. The molecule has 0 aliphatic carbocycles. The van der Waals surface area contributed by atoms with E-state index in [0.29, 0.717) is 12.5 Å². The van der Waals surface area contributed by atoms with Crippen LogP contribution in [0, 0.1) is 5.92 Å². The molecule has 0 aromatic rings. The largest absolute Gasteiger partial charge is 0.370 e. The fraction of sp³-hybridized carbons (Fsp3) is 0.889. The molecule has 2 nitrogen and oxygen atoms in total. The first kappa shape index (κ1) is 10.4. The highest BCUT2D eigenvalue weighted by molar-refractivity contribution is 14.2. The first-order valence-corrected chi connectivity index (χ1v) is 7.54. The summed E-state index contributed by atoms with van der Waals surface area (Å²) in [5.41, 5.74) is -0.131. The Balaban J connectivity index is 2.44. The predicted molar refractivity (Wildman–Crippen MR) is 66.1 cm³/mol. The molecule has 0 radical (unpaired) electrons. The molecule has 2 aliphatic heterocycles. The van der Waals surface area contributed by atoms with Crippen LogP contribution in [0.1, 0.15) is 13.8 Å². The van der Waals surface area contributed by atoms with E-state index < -0.39 is 0 Å². The Labute approximate surface area is 94.5 Å². The molecule has 2 aliphatic rings. The van der Waals surface area contributed by atoms with Gasteiger partial charge in [0.2, 0.25) is 0 Å². The van der Waals surface area contributed by atoms with Gasteiger partial charge in [0.05, 0.1) is 18.5 Å². The van der Waals surface area contributed by atoms with Gasteiger partial charge in [0.15, 0.2) is 3.61 Å². The highest BCUT2D eigenvalue weighted by atomic mass is 127. The molecule has 4 heteroatoms. The highest BCUT2D eigenvalue weighted by Crippen LogP contribution is 2.56. The van der Waals surface area contributed by atoms with Gasteiger partial charge in [-0.3, -0.25) is 0 Å². The Kier molecular flexibility index (Phi) is 2.54. The van der Waals surface area contributed by atoms with E-state index in [1.807, 2.05) is 0 Å². The fourth-order valence-corrected chi connectivity index (χ4v) is 5.57. The van der Waals surface area contributed by atoms with Gasteiger partial charge in [-0.05, 0) is 6.92 Å². The third-order valence-electron chi connectivity index (χ3n) is 3.33. The summed E-state index contributed by atoms with van der Waals surface area (Å²) in [7, 11) is 0. The van der Waals surface area contributed by atoms with Gasteiger partial charge < -0.3 is 9.47 Å². The van der Waals surface area contributed by atoms with Crippen molar-refractivity contribution in [3.05, 3.63) is 0 Å². The van der Waals surface area contributed by atoms with Gasteiger partial charge in [-0.25, -0.2) is 0 Å². The Bertz CT molecular complexity index is 248. The van der Waals surface area contributed by atoms with E-state index in [2.05, 4.69) is 31.0 Å². The lowest BCUT2D eigenvalue weighted by molar-refractivity contribution is -0.0304. The van der Waals surface area contributed by atoms with Crippen molar-refractivity contribution in [2.75, 3.05) is 13.2 Å². The predicted octanol–water partition coefficient (Wildman–Crippen LogP) is 1.84. The summed E-state index contributed by atoms with van der Waals surface area (Å²) >= 11 is 4.31. The number of thiol groups is 1. The van der Waals surface area contributed by atoms with Crippen LogP contribution in [0.3, 0.4) is 0 Å². The zero-order valence-corrected chi connectivity index (χ0v) is 11.0. The Morgan fingerprint density at radius 2 is 2.15 bits per heavy atom. The number of rotatable bonds is 1. The zero-order valence-electron chi connectivity index (χ0n) is 7.92. The number of hydrogen-bond donors (Lipinski definition) is 1. The Morgan fingerprint density at radius 3 is 2.69 bits per heavy atom. The zero-order chi connectivity index (χ0) is 9.69. The smallest absolute Gasteiger partial charge is 0.156 e. The lowest BCUT2D eigenvalue weighted by atomic mass is 9.89. The van der Waals surface area contributed by atoms with Gasteiger partial charge in [0, 0.05) is 5.92 Å². The molecular weight excluding hydrogens is 299 g/mol. The van der Waals surface area contributed by atoms with Crippen molar-refractivity contribution < 1.29 is 9.47 Å². The van der Waals surface area contributed by atoms with Crippen molar-refractivity contribution in [3.8, 4) is 0 Å². The van der Waals surface area contributed by atoms with Gasteiger partial charge >= 0.3 is 0 Å². The minimum absolute atomic E-state index is 0.131. The molecule has 0 N–H and O–H groups in total. The molecule has 0 saturated carbocycles. The van der Waals surface area contributed by atoms with E-state index in [4.69, 9.17) is 9.47 Å². The van der Waals surface area contributed by atoms with Gasteiger partial charge in [-0.15, -0.1) is 0 Å². The monoisotopic (exact) mass is 314 g/mol. The number of hydrogen-bond acceptors (Lipinski definition) is 3. The summed E-state index contributed by atoms with van der Waals surface area (Å²) < 4.78 is 15.7. The fourth-order valence-electron chi connectivity index (χ4n) is 2.17. The number of ether oxygens (including phenoxy) is 2. The first-order chi connectivity index (χ1) is 6.07. The Hall–Kier alpha value is 0.870.